The maximum absolute atomic E-state index is 12.6. The van der Waals surface area contributed by atoms with Gasteiger partial charge in [0.05, 0.1) is 30.8 Å². The van der Waals surface area contributed by atoms with Crippen LogP contribution in [-0.2, 0) is 6.54 Å². The number of halogens is 1. The molecule has 26 heavy (non-hydrogen) atoms. The molecule has 0 saturated heterocycles. The number of imidazole rings is 1. The van der Waals surface area contributed by atoms with E-state index in [1.54, 1.807) is 26.4 Å². The second-order valence-corrected chi connectivity index (χ2v) is 6.90. The Hall–Kier alpha value is -2.29. The minimum Gasteiger partial charge on any atom is -0.493 e. The Morgan fingerprint density at radius 1 is 1.19 bits per heavy atom. The van der Waals surface area contributed by atoms with Gasteiger partial charge in [0.15, 0.2) is 11.5 Å². The van der Waals surface area contributed by atoms with Gasteiger partial charge in [-0.2, -0.15) is 0 Å². The molecule has 1 heterocycles. The molecule has 0 atom stereocenters. The molecule has 136 valence electrons. The van der Waals surface area contributed by atoms with E-state index in [0.717, 1.165) is 20.4 Å². The van der Waals surface area contributed by atoms with Crippen molar-refractivity contribution in [2.24, 2.45) is 0 Å². The molecule has 0 bridgehead atoms. The molecule has 0 aliphatic carbocycles. The largest absolute Gasteiger partial charge is 0.493 e. The Morgan fingerprint density at radius 3 is 2.62 bits per heavy atom. The highest BCUT2D eigenvalue weighted by atomic mass is 127. The first kappa shape index (κ1) is 18.5. The van der Waals surface area contributed by atoms with Gasteiger partial charge >= 0.3 is 0 Å². The van der Waals surface area contributed by atoms with Crippen LogP contribution in [0.25, 0.3) is 11.0 Å². The summed E-state index contributed by atoms with van der Waals surface area (Å²) in [6, 6.07) is 11.5. The normalized spacial score (nSPS) is 10.8. The highest BCUT2D eigenvalue weighted by Crippen LogP contribution is 2.31. The number of carbonyl (C=O) groups is 1. The van der Waals surface area contributed by atoms with Crippen molar-refractivity contribution in [3.8, 4) is 11.5 Å². The molecule has 0 saturated carbocycles. The van der Waals surface area contributed by atoms with Crippen molar-refractivity contribution in [1.29, 1.82) is 0 Å². The molecule has 1 amide bonds. The Kier molecular flexibility index (Phi) is 5.65. The standard InChI is InChI=1S/C19H20IN3O3/c1-12-22-15-6-4-5-7-16(15)23(12)9-8-21-19(24)13-10-17(25-2)18(26-3)11-14(13)20/h4-7,10-11H,8-9H2,1-3H3,(H,21,24). The lowest BCUT2D eigenvalue weighted by molar-refractivity contribution is 0.0951. The Bertz CT molecular complexity index is 953. The molecule has 0 aliphatic rings. The molecule has 3 aromatic rings. The first-order valence-corrected chi connectivity index (χ1v) is 9.24. The summed E-state index contributed by atoms with van der Waals surface area (Å²) in [5.41, 5.74) is 2.60. The molecule has 0 spiro atoms. The number of para-hydroxylation sites is 2. The Balaban J connectivity index is 1.72. The van der Waals surface area contributed by atoms with E-state index < -0.39 is 0 Å². The lowest BCUT2D eigenvalue weighted by Crippen LogP contribution is -2.28. The summed E-state index contributed by atoms with van der Waals surface area (Å²) in [4.78, 5) is 17.1. The fourth-order valence-corrected chi connectivity index (χ4v) is 3.57. The van der Waals surface area contributed by atoms with E-state index in [0.29, 0.717) is 30.2 Å². The second kappa shape index (κ2) is 7.94. The van der Waals surface area contributed by atoms with Gasteiger partial charge in [0.2, 0.25) is 0 Å². The third-order valence-electron chi connectivity index (χ3n) is 4.18. The lowest BCUT2D eigenvalue weighted by Gasteiger charge is -2.13. The van der Waals surface area contributed by atoms with Gasteiger partial charge in [-0.15, -0.1) is 0 Å². The minimum absolute atomic E-state index is 0.141. The third-order valence-corrected chi connectivity index (χ3v) is 5.08. The average Bonchev–Trinajstić information content (AvgIpc) is 2.96. The average molecular weight is 465 g/mol. The van der Waals surface area contributed by atoms with Crippen molar-refractivity contribution in [1.82, 2.24) is 14.9 Å². The number of hydrogen-bond acceptors (Lipinski definition) is 4. The number of fused-ring (bicyclic) bond motifs is 1. The van der Waals surface area contributed by atoms with E-state index in [2.05, 4.69) is 37.5 Å². The summed E-state index contributed by atoms with van der Waals surface area (Å²) in [6.45, 7) is 3.13. The highest BCUT2D eigenvalue weighted by molar-refractivity contribution is 14.1. The smallest absolute Gasteiger partial charge is 0.252 e. The zero-order valence-electron chi connectivity index (χ0n) is 14.9. The molecular weight excluding hydrogens is 445 g/mol. The highest BCUT2D eigenvalue weighted by Gasteiger charge is 2.15. The van der Waals surface area contributed by atoms with Crippen LogP contribution in [0.4, 0.5) is 0 Å². The predicted molar refractivity (Wildman–Crippen MR) is 109 cm³/mol. The maximum Gasteiger partial charge on any atom is 0.252 e. The van der Waals surface area contributed by atoms with E-state index in [9.17, 15) is 4.79 Å². The monoisotopic (exact) mass is 465 g/mol. The number of aromatic nitrogens is 2. The van der Waals surface area contributed by atoms with Crippen molar-refractivity contribution in [3.05, 3.63) is 51.4 Å². The van der Waals surface area contributed by atoms with Crippen molar-refractivity contribution < 1.29 is 14.3 Å². The van der Waals surface area contributed by atoms with Crippen LogP contribution in [0.1, 0.15) is 16.2 Å². The molecular formula is C19H20IN3O3. The second-order valence-electron chi connectivity index (χ2n) is 5.74. The molecule has 3 rings (SSSR count). The van der Waals surface area contributed by atoms with Gasteiger partial charge in [-0.1, -0.05) is 12.1 Å². The van der Waals surface area contributed by atoms with Gasteiger partial charge < -0.3 is 19.4 Å². The third kappa shape index (κ3) is 3.62. The van der Waals surface area contributed by atoms with Gasteiger partial charge in [0.25, 0.3) is 5.91 Å². The number of methoxy groups -OCH3 is 2. The molecule has 2 aromatic carbocycles. The summed E-state index contributed by atoms with van der Waals surface area (Å²) in [5.74, 6) is 1.93. The van der Waals surface area contributed by atoms with Gasteiger partial charge in [0.1, 0.15) is 5.82 Å². The van der Waals surface area contributed by atoms with E-state index >= 15 is 0 Å². The summed E-state index contributed by atoms with van der Waals surface area (Å²) in [5, 5.41) is 2.97. The maximum atomic E-state index is 12.6. The zero-order valence-corrected chi connectivity index (χ0v) is 17.0. The van der Waals surface area contributed by atoms with Crippen LogP contribution in [-0.4, -0.2) is 36.2 Å². The number of amides is 1. The van der Waals surface area contributed by atoms with Crippen LogP contribution in [0.3, 0.4) is 0 Å². The van der Waals surface area contributed by atoms with E-state index in [4.69, 9.17) is 9.47 Å². The fraction of sp³-hybridized carbons (Fsp3) is 0.263. The zero-order chi connectivity index (χ0) is 18.7. The van der Waals surface area contributed by atoms with Crippen molar-refractivity contribution >= 4 is 39.5 Å². The van der Waals surface area contributed by atoms with E-state index in [1.165, 1.54) is 0 Å². The molecule has 0 aliphatic heterocycles. The molecule has 0 fully saturated rings. The predicted octanol–water partition coefficient (Wildman–Crippen LogP) is 3.40. The Labute approximate surface area is 165 Å². The molecule has 1 N–H and O–H groups in total. The van der Waals surface area contributed by atoms with Crippen molar-refractivity contribution in [3.63, 3.8) is 0 Å². The first-order chi connectivity index (χ1) is 12.5. The van der Waals surface area contributed by atoms with Gasteiger partial charge in [-0.05, 0) is 53.8 Å². The lowest BCUT2D eigenvalue weighted by atomic mass is 10.2. The molecule has 6 nitrogen and oxygen atoms in total. The van der Waals surface area contributed by atoms with Crippen molar-refractivity contribution in [2.75, 3.05) is 20.8 Å². The molecule has 0 unspecified atom stereocenters. The van der Waals surface area contributed by atoms with Crippen molar-refractivity contribution in [2.45, 2.75) is 13.5 Å². The number of benzene rings is 2. The Morgan fingerprint density at radius 2 is 1.88 bits per heavy atom. The summed E-state index contributed by atoms with van der Waals surface area (Å²) in [7, 11) is 3.13. The molecule has 1 aromatic heterocycles. The van der Waals surface area contributed by atoms with Gasteiger partial charge in [0, 0.05) is 16.7 Å². The number of aryl methyl sites for hydroxylation is 1. The quantitative estimate of drug-likeness (QED) is 0.567. The van der Waals surface area contributed by atoms with Crippen LogP contribution in [0.2, 0.25) is 0 Å². The number of rotatable bonds is 6. The van der Waals surface area contributed by atoms with Crippen LogP contribution < -0.4 is 14.8 Å². The summed E-state index contributed by atoms with van der Waals surface area (Å²) >= 11 is 2.13. The van der Waals surface area contributed by atoms with Gasteiger partial charge in [-0.3, -0.25) is 4.79 Å². The first-order valence-electron chi connectivity index (χ1n) is 8.16. The fourth-order valence-electron chi connectivity index (χ4n) is 2.88. The summed E-state index contributed by atoms with van der Waals surface area (Å²) < 4.78 is 13.5. The topological polar surface area (TPSA) is 65.4 Å². The number of nitrogens with one attached hydrogen (secondary N) is 1. The van der Waals surface area contributed by atoms with E-state index in [1.807, 2.05) is 31.2 Å². The minimum atomic E-state index is -0.141. The van der Waals surface area contributed by atoms with Crippen LogP contribution in [0.5, 0.6) is 11.5 Å². The number of ether oxygens (including phenoxy) is 2. The van der Waals surface area contributed by atoms with Crippen LogP contribution in [0, 0.1) is 10.5 Å². The van der Waals surface area contributed by atoms with Crippen LogP contribution >= 0.6 is 22.6 Å². The number of nitrogens with zero attached hydrogens (tertiary/aromatic N) is 2. The van der Waals surface area contributed by atoms with Crippen LogP contribution in [0.15, 0.2) is 36.4 Å². The van der Waals surface area contributed by atoms with E-state index in [-0.39, 0.29) is 5.91 Å². The number of hydrogen-bond donors (Lipinski definition) is 1. The SMILES string of the molecule is COc1cc(I)c(C(=O)NCCn2c(C)nc3ccccc32)cc1OC. The molecule has 0 radical (unpaired) electrons. The summed E-state index contributed by atoms with van der Waals surface area (Å²) in [6.07, 6.45) is 0. The van der Waals surface area contributed by atoms with Gasteiger partial charge in [-0.25, -0.2) is 4.98 Å². The molecule has 7 heteroatoms. The number of carbonyl (C=O) groups excluding carboxylic acids is 1.